The summed E-state index contributed by atoms with van der Waals surface area (Å²) >= 11 is 0. The number of halogens is 1. The molecule has 0 bridgehead atoms. The van der Waals surface area contributed by atoms with Crippen LogP contribution in [-0.2, 0) is 19.5 Å². The Hall–Kier alpha value is -4.14. The van der Waals surface area contributed by atoms with Crippen molar-refractivity contribution in [3.05, 3.63) is 92.9 Å². The van der Waals surface area contributed by atoms with Crippen LogP contribution in [0, 0.1) is 11.7 Å². The lowest BCUT2D eigenvalue weighted by Gasteiger charge is -2.16. The third kappa shape index (κ3) is 4.25. The van der Waals surface area contributed by atoms with E-state index in [0.29, 0.717) is 42.5 Å². The molecule has 1 saturated carbocycles. The molecular weight excluding hydrogens is 447 g/mol. The van der Waals surface area contributed by atoms with Gasteiger partial charge in [0.15, 0.2) is 0 Å². The Morgan fingerprint density at radius 3 is 2.80 bits per heavy atom. The summed E-state index contributed by atoms with van der Waals surface area (Å²) in [5.74, 6) is 0.296. The first-order chi connectivity index (χ1) is 17.0. The maximum Gasteiger partial charge on any atom is 0.272 e. The van der Waals surface area contributed by atoms with E-state index in [9.17, 15) is 14.0 Å². The van der Waals surface area contributed by atoms with Crippen LogP contribution in [0.4, 0.5) is 10.3 Å². The van der Waals surface area contributed by atoms with E-state index in [2.05, 4.69) is 25.5 Å². The first-order valence-electron chi connectivity index (χ1n) is 11.7. The topological polar surface area (TPSA) is 104 Å². The molecule has 1 amide bonds. The maximum absolute atomic E-state index is 14.7. The van der Waals surface area contributed by atoms with Crippen molar-refractivity contribution in [2.24, 2.45) is 5.92 Å². The average Bonchev–Trinajstić information content (AvgIpc) is 3.61. The van der Waals surface area contributed by atoms with E-state index < -0.39 is 11.7 Å². The molecule has 0 atom stereocenters. The van der Waals surface area contributed by atoms with Crippen molar-refractivity contribution >= 4 is 22.6 Å². The van der Waals surface area contributed by atoms with Crippen LogP contribution >= 0.6 is 0 Å². The number of anilines is 1. The fourth-order valence-electron chi connectivity index (χ4n) is 4.46. The Morgan fingerprint density at radius 2 is 1.97 bits per heavy atom. The first-order valence-corrected chi connectivity index (χ1v) is 11.7. The number of carbonyl (C=O) groups excluding carboxylic acids is 1. The smallest absolute Gasteiger partial charge is 0.272 e. The quantitative estimate of drug-likeness (QED) is 0.448. The van der Waals surface area contributed by atoms with Crippen LogP contribution in [0.15, 0.2) is 53.5 Å². The first kappa shape index (κ1) is 21.4. The number of hydrogen-bond donors (Lipinski definition) is 2. The summed E-state index contributed by atoms with van der Waals surface area (Å²) in [5, 5.41) is 11.2. The number of rotatable bonds is 6. The zero-order valence-corrected chi connectivity index (χ0v) is 18.9. The van der Waals surface area contributed by atoms with E-state index >= 15 is 0 Å². The number of fused-ring (bicyclic) bond motifs is 2. The highest BCUT2D eigenvalue weighted by Gasteiger charge is 2.28. The van der Waals surface area contributed by atoms with Crippen molar-refractivity contribution in [1.82, 2.24) is 25.1 Å². The summed E-state index contributed by atoms with van der Waals surface area (Å²) in [7, 11) is 0. The number of nitrogens with one attached hydrogen (secondary N) is 2. The highest BCUT2D eigenvalue weighted by Crippen LogP contribution is 2.29. The molecule has 1 aliphatic carbocycles. The molecule has 35 heavy (non-hydrogen) atoms. The monoisotopic (exact) mass is 470 g/mol. The summed E-state index contributed by atoms with van der Waals surface area (Å²) < 4.78 is 14.7. The van der Waals surface area contributed by atoms with Crippen molar-refractivity contribution in [1.29, 1.82) is 0 Å². The van der Waals surface area contributed by atoms with Crippen LogP contribution in [0.25, 0.3) is 10.8 Å². The highest BCUT2D eigenvalue weighted by atomic mass is 19.1. The van der Waals surface area contributed by atoms with E-state index in [0.717, 1.165) is 28.8 Å². The number of aromatic nitrogens is 4. The second-order valence-corrected chi connectivity index (χ2v) is 9.19. The zero-order chi connectivity index (χ0) is 23.9. The number of benzene rings is 2. The van der Waals surface area contributed by atoms with Crippen LogP contribution < -0.4 is 10.9 Å². The normalized spacial score (nSPS) is 14.8. The lowest BCUT2D eigenvalue weighted by atomic mass is 10.0. The van der Waals surface area contributed by atoms with Crippen molar-refractivity contribution in [3.63, 3.8) is 0 Å². The van der Waals surface area contributed by atoms with E-state index in [1.807, 2.05) is 12.1 Å². The summed E-state index contributed by atoms with van der Waals surface area (Å²) in [5.41, 5.74) is 2.77. The van der Waals surface area contributed by atoms with Crippen LogP contribution in [0.1, 0.15) is 45.7 Å². The number of aromatic amines is 1. The van der Waals surface area contributed by atoms with Crippen molar-refractivity contribution < 1.29 is 9.18 Å². The molecule has 4 aromatic rings. The second-order valence-electron chi connectivity index (χ2n) is 9.19. The molecule has 1 aliphatic heterocycles. The molecule has 1 fully saturated rings. The molecule has 0 radical (unpaired) electrons. The van der Waals surface area contributed by atoms with Crippen molar-refractivity contribution in [2.75, 3.05) is 11.9 Å². The molecule has 2 aliphatic rings. The Balaban J connectivity index is 1.22. The summed E-state index contributed by atoms with van der Waals surface area (Å²) in [6, 6.07) is 11.7. The molecule has 0 unspecified atom stereocenters. The minimum absolute atomic E-state index is 0.00378. The summed E-state index contributed by atoms with van der Waals surface area (Å²) in [6.07, 6.45) is 4.56. The molecule has 3 heterocycles. The van der Waals surface area contributed by atoms with Crippen molar-refractivity contribution in [2.45, 2.75) is 32.4 Å². The summed E-state index contributed by atoms with van der Waals surface area (Å²) in [4.78, 5) is 35.8. The van der Waals surface area contributed by atoms with E-state index in [1.165, 1.54) is 18.9 Å². The van der Waals surface area contributed by atoms with E-state index in [1.54, 1.807) is 35.4 Å². The lowest BCUT2D eigenvalue weighted by Crippen LogP contribution is -2.26. The molecule has 6 rings (SSSR count). The standard InChI is InChI=1S/C26H23FN6O2/c27-21-8-7-16(10-22-18-3-1-2-4-19(18)24(34)32-31-22)9-20(21)25(35)33-13-17-12-29-26(30-23(17)14-33)28-11-15-5-6-15/h1-4,7-9,12,15H,5-6,10-11,13-14H2,(H,32,34)(H,28,29,30). The Kier molecular flexibility index (Phi) is 5.24. The molecule has 8 nitrogen and oxygen atoms in total. The zero-order valence-electron chi connectivity index (χ0n) is 18.9. The minimum Gasteiger partial charge on any atom is -0.354 e. The van der Waals surface area contributed by atoms with Gasteiger partial charge >= 0.3 is 0 Å². The Bertz CT molecular complexity index is 1510. The average molecular weight is 471 g/mol. The van der Waals surface area contributed by atoms with Gasteiger partial charge < -0.3 is 10.2 Å². The number of amides is 1. The Morgan fingerprint density at radius 1 is 1.14 bits per heavy atom. The van der Waals surface area contributed by atoms with Gasteiger partial charge in [-0.15, -0.1) is 0 Å². The molecule has 2 aromatic heterocycles. The SMILES string of the molecule is O=C(c1cc(Cc2n[nH]c(=O)c3ccccc23)ccc1F)N1Cc2cnc(NCC3CC3)nc2C1. The number of carbonyl (C=O) groups is 1. The molecular formula is C26H23FN6O2. The highest BCUT2D eigenvalue weighted by molar-refractivity contribution is 5.95. The van der Waals surface area contributed by atoms with Gasteiger partial charge in [0.05, 0.1) is 28.9 Å². The fourth-order valence-corrected chi connectivity index (χ4v) is 4.46. The number of H-pyrrole nitrogens is 1. The molecule has 2 N–H and O–H groups in total. The van der Waals surface area contributed by atoms with E-state index in [-0.39, 0.29) is 11.1 Å². The molecule has 2 aromatic carbocycles. The fraction of sp³-hybridized carbons (Fsp3) is 0.269. The third-order valence-corrected chi connectivity index (χ3v) is 6.60. The second kappa shape index (κ2) is 8.57. The van der Waals surface area contributed by atoms with E-state index in [4.69, 9.17) is 0 Å². The molecule has 0 saturated heterocycles. The molecule has 9 heteroatoms. The van der Waals surface area contributed by atoms with Crippen LogP contribution in [-0.4, -0.2) is 37.5 Å². The van der Waals surface area contributed by atoms with Crippen LogP contribution in [0.2, 0.25) is 0 Å². The molecule has 176 valence electrons. The van der Waals surface area contributed by atoms with Crippen LogP contribution in [0.5, 0.6) is 0 Å². The number of hydrogen-bond acceptors (Lipinski definition) is 6. The van der Waals surface area contributed by atoms with Gasteiger partial charge in [0.25, 0.3) is 11.5 Å². The van der Waals surface area contributed by atoms with Gasteiger partial charge in [-0.25, -0.2) is 19.5 Å². The predicted octanol–water partition coefficient (Wildman–Crippen LogP) is 3.42. The maximum atomic E-state index is 14.7. The van der Waals surface area contributed by atoms with Crippen molar-refractivity contribution in [3.8, 4) is 0 Å². The minimum atomic E-state index is -0.577. The van der Waals surface area contributed by atoms with Gasteiger partial charge in [-0.05, 0) is 42.5 Å². The third-order valence-electron chi connectivity index (χ3n) is 6.60. The van der Waals surface area contributed by atoms with Gasteiger partial charge in [-0.1, -0.05) is 24.3 Å². The number of nitrogens with zero attached hydrogens (tertiary/aromatic N) is 4. The van der Waals surface area contributed by atoms with Gasteiger partial charge in [-0.2, -0.15) is 5.10 Å². The largest absolute Gasteiger partial charge is 0.354 e. The van der Waals surface area contributed by atoms with Gasteiger partial charge in [-0.3, -0.25) is 9.59 Å². The van der Waals surface area contributed by atoms with Gasteiger partial charge in [0.1, 0.15) is 5.82 Å². The van der Waals surface area contributed by atoms with Crippen LogP contribution in [0.3, 0.4) is 0 Å². The lowest BCUT2D eigenvalue weighted by molar-refractivity contribution is 0.0745. The van der Waals surface area contributed by atoms with Gasteiger partial charge in [0, 0.05) is 36.7 Å². The van der Waals surface area contributed by atoms with Gasteiger partial charge in [0.2, 0.25) is 5.95 Å². The predicted molar refractivity (Wildman–Crippen MR) is 128 cm³/mol. The Labute approximate surface area is 200 Å². The molecule has 0 spiro atoms. The summed E-state index contributed by atoms with van der Waals surface area (Å²) in [6.45, 7) is 1.51.